The number of hydrogen-bond acceptors (Lipinski definition) is 3. The Morgan fingerprint density at radius 3 is 2.41 bits per heavy atom. The van der Waals surface area contributed by atoms with E-state index in [1.165, 1.54) is 6.08 Å². The van der Waals surface area contributed by atoms with Gasteiger partial charge in [0.1, 0.15) is 6.61 Å². The number of benzene rings is 1. The molecule has 0 fully saturated rings. The van der Waals surface area contributed by atoms with Crippen molar-refractivity contribution < 1.29 is 21.4 Å². The van der Waals surface area contributed by atoms with E-state index in [1.54, 1.807) is 30.3 Å². The van der Waals surface area contributed by atoms with Gasteiger partial charge in [0.05, 0.1) is 5.41 Å². The highest BCUT2D eigenvalue weighted by molar-refractivity contribution is 9.10. The third-order valence-electron chi connectivity index (χ3n) is 1.61. The normalized spacial score (nSPS) is 13.1. The van der Waals surface area contributed by atoms with Gasteiger partial charge in [0.15, 0.2) is 0 Å². The zero-order valence-electron chi connectivity index (χ0n) is 8.52. The molecule has 1 rings (SSSR count). The lowest BCUT2D eigenvalue weighted by Crippen LogP contribution is -2.17. The average molecular weight is 327 g/mol. The molecule has 0 bridgehead atoms. The molecular formula is C10H9BrF2O3S. The van der Waals surface area contributed by atoms with E-state index < -0.39 is 21.6 Å². The van der Waals surface area contributed by atoms with E-state index in [1.807, 2.05) is 15.9 Å². The second kappa shape index (κ2) is 5.70. The topological polar surface area (TPSA) is 43.4 Å². The molecule has 0 aliphatic carbocycles. The molecule has 0 aliphatic rings. The Hall–Kier alpha value is -0.790. The zero-order valence-corrected chi connectivity index (χ0v) is 10.9. The van der Waals surface area contributed by atoms with E-state index in [9.17, 15) is 17.2 Å². The molecule has 0 saturated carbocycles. The van der Waals surface area contributed by atoms with Gasteiger partial charge in [-0.15, -0.1) is 0 Å². The quantitative estimate of drug-likeness (QED) is 0.617. The lowest BCUT2D eigenvalue weighted by molar-refractivity contribution is 0.0579. The van der Waals surface area contributed by atoms with Crippen LogP contribution >= 0.6 is 15.9 Å². The highest BCUT2D eigenvalue weighted by Crippen LogP contribution is 2.22. The third kappa shape index (κ3) is 6.50. The molecule has 0 radical (unpaired) electrons. The van der Waals surface area contributed by atoms with Gasteiger partial charge in [-0.05, 0) is 27.6 Å². The summed E-state index contributed by atoms with van der Waals surface area (Å²) in [6.07, 6.45) is 1.27. The molecule has 94 valence electrons. The van der Waals surface area contributed by atoms with Gasteiger partial charge in [-0.1, -0.05) is 30.3 Å². The molecule has 7 heteroatoms. The van der Waals surface area contributed by atoms with Crippen LogP contribution < -0.4 is 0 Å². The molecule has 0 N–H and O–H groups in total. The van der Waals surface area contributed by atoms with Gasteiger partial charge in [-0.3, -0.25) is 4.18 Å². The smallest absolute Gasteiger partial charge is 0.259 e. The highest BCUT2D eigenvalue weighted by Gasteiger charge is 2.27. The molecule has 0 amide bonds. The van der Waals surface area contributed by atoms with Crippen LogP contribution in [0.15, 0.2) is 35.7 Å². The summed E-state index contributed by atoms with van der Waals surface area (Å²) in [5, 5.41) is 0.737. The van der Waals surface area contributed by atoms with Gasteiger partial charge in [0.25, 0.3) is 10.1 Å². The standard InChI is InChI=1S/C10H9BrF2O3S/c11-10(12,13)8-16-17(14,15)7-6-9-4-2-1-3-5-9/h1-7H,8H2/b7-6+. The average Bonchev–Trinajstić information content (AvgIpc) is 2.25. The molecule has 0 saturated heterocycles. The van der Waals surface area contributed by atoms with Crippen molar-refractivity contribution in [1.82, 2.24) is 0 Å². The monoisotopic (exact) mass is 326 g/mol. The van der Waals surface area contributed by atoms with Gasteiger partial charge in [0, 0.05) is 0 Å². The van der Waals surface area contributed by atoms with Crippen LogP contribution in [0.25, 0.3) is 6.08 Å². The van der Waals surface area contributed by atoms with Crippen LogP contribution in [-0.2, 0) is 14.3 Å². The predicted molar refractivity (Wildman–Crippen MR) is 64.2 cm³/mol. The van der Waals surface area contributed by atoms with Crippen molar-refractivity contribution in [3.63, 3.8) is 0 Å². The van der Waals surface area contributed by atoms with Crippen molar-refractivity contribution in [2.75, 3.05) is 6.61 Å². The van der Waals surface area contributed by atoms with E-state index in [-0.39, 0.29) is 0 Å². The first-order valence-electron chi connectivity index (χ1n) is 4.48. The SMILES string of the molecule is O=S(=O)(/C=C/c1ccccc1)OCC(F)(F)Br. The number of hydrogen-bond donors (Lipinski definition) is 0. The highest BCUT2D eigenvalue weighted by atomic mass is 79.9. The van der Waals surface area contributed by atoms with Crippen molar-refractivity contribution >= 4 is 32.1 Å². The maximum Gasteiger partial charge on any atom is 0.325 e. The Kier molecular flexibility index (Phi) is 4.79. The summed E-state index contributed by atoms with van der Waals surface area (Å²) < 4.78 is 51.1. The van der Waals surface area contributed by atoms with Crippen molar-refractivity contribution in [3.05, 3.63) is 41.3 Å². The van der Waals surface area contributed by atoms with Crippen LogP contribution in [0, 0.1) is 0 Å². The third-order valence-corrected chi connectivity index (χ3v) is 2.76. The number of halogens is 3. The summed E-state index contributed by atoms with van der Waals surface area (Å²) in [4.78, 5) is -3.36. The Bertz CT molecular complexity index is 480. The molecule has 1 aromatic rings. The molecule has 0 spiro atoms. The second-order valence-corrected chi connectivity index (χ2v) is 5.74. The fraction of sp³-hybridized carbons (Fsp3) is 0.200. The van der Waals surface area contributed by atoms with Crippen LogP contribution in [0.2, 0.25) is 0 Å². The van der Waals surface area contributed by atoms with Crippen LogP contribution in [0.4, 0.5) is 8.78 Å². The first kappa shape index (κ1) is 14.3. The van der Waals surface area contributed by atoms with Crippen LogP contribution in [0.1, 0.15) is 5.56 Å². The zero-order chi connectivity index (χ0) is 12.9. The minimum atomic E-state index is -4.10. The summed E-state index contributed by atoms with van der Waals surface area (Å²) in [5.74, 6) is 0. The maximum atomic E-state index is 12.3. The fourth-order valence-corrected chi connectivity index (χ4v) is 1.89. The molecule has 0 unspecified atom stereocenters. The van der Waals surface area contributed by atoms with Gasteiger partial charge in [-0.2, -0.15) is 17.2 Å². The Balaban J connectivity index is 2.65. The largest absolute Gasteiger partial charge is 0.325 e. The van der Waals surface area contributed by atoms with Gasteiger partial charge in [0.2, 0.25) is 0 Å². The van der Waals surface area contributed by atoms with Crippen molar-refractivity contribution in [2.24, 2.45) is 0 Å². The molecular weight excluding hydrogens is 318 g/mol. The summed E-state index contributed by atoms with van der Waals surface area (Å²) in [6, 6.07) is 8.56. The van der Waals surface area contributed by atoms with Crippen molar-refractivity contribution in [3.8, 4) is 0 Å². The van der Waals surface area contributed by atoms with Gasteiger partial charge in [-0.25, -0.2) is 0 Å². The summed E-state index contributed by atoms with van der Waals surface area (Å²) in [6.45, 7) is -1.24. The van der Waals surface area contributed by atoms with Gasteiger partial charge < -0.3 is 0 Å². The van der Waals surface area contributed by atoms with E-state index >= 15 is 0 Å². The molecule has 0 heterocycles. The predicted octanol–water partition coefficient (Wildman–Crippen LogP) is 2.99. The van der Waals surface area contributed by atoms with Crippen LogP contribution in [0.5, 0.6) is 0 Å². The molecule has 0 aromatic heterocycles. The maximum absolute atomic E-state index is 12.3. The summed E-state index contributed by atoms with van der Waals surface area (Å²) in [5.41, 5.74) is 0.630. The first-order valence-corrected chi connectivity index (χ1v) is 6.74. The van der Waals surface area contributed by atoms with Crippen LogP contribution in [-0.4, -0.2) is 19.9 Å². The fourth-order valence-electron chi connectivity index (χ4n) is 0.914. The molecule has 17 heavy (non-hydrogen) atoms. The van der Waals surface area contributed by atoms with E-state index in [0.29, 0.717) is 5.56 Å². The van der Waals surface area contributed by atoms with E-state index in [0.717, 1.165) is 5.41 Å². The van der Waals surface area contributed by atoms with Crippen molar-refractivity contribution in [1.29, 1.82) is 0 Å². The molecule has 3 nitrogen and oxygen atoms in total. The second-order valence-electron chi connectivity index (χ2n) is 3.08. The van der Waals surface area contributed by atoms with Crippen LogP contribution in [0.3, 0.4) is 0 Å². The number of alkyl halides is 3. The minimum absolute atomic E-state index is 0.630. The minimum Gasteiger partial charge on any atom is -0.259 e. The Morgan fingerprint density at radius 2 is 1.88 bits per heavy atom. The summed E-state index contributed by atoms with van der Waals surface area (Å²) in [7, 11) is -4.10. The van der Waals surface area contributed by atoms with E-state index in [2.05, 4.69) is 4.18 Å². The molecule has 0 atom stereocenters. The van der Waals surface area contributed by atoms with Crippen molar-refractivity contribution in [2.45, 2.75) is 4.83 Å². The molecule has 0 aliphatic heterocycles. The first-order chi connectivity index (χ1) is 7.79. The summed E-state index contributed by atoms with van der Waals surface area (Å²) >= 11 is 1.98. The Morgan fingerprint density at radius 1 is 1.29 bits per heavy atom. The lowest BCUT2D eigenvalue weighted by atomic mass is 10.2. The lowest BCUT2D eigenvalue weighted by Gasteiger charge is -2.06. The van der Waals surface area contributed by atoms with Gasteiger partial charge >= 0.3 is 4.83 Å². The Labute approximate surface area is 106 Å². The number of rotatable bonds is 5. The van der Waals surface area contributed by atoms with E-state index in [4.69, 9.17) is 0 Å². The molecule has 1 aromatic carbocycles.